The van der Waals surface area contributed by atoms with Gasteiger partial charge in [-0.15, -0.1) is 0 Å². The Labute approximate surface area is 159 Å². The Hall–Kier alpha value is -3.24. The van der Waals surface area contributed by atoms with Gasteiger partial charge in [0.05, 0.1) is 11.4 Å². The molecule has 2 N–H and O–H groups in total. The summed E-state index contributed by atoms with van der Waals surface area (Å²) in [5.41, 5.74) is -0.335. The van der Waals surface area contributed by atoms with Crippen LogP contribution in [0, 0.1) is 17.6 Å². The topological polar surface area (TPSA) is 90.7 Å². The molecule has 6 nitrogen and oxygen atoms in total. The Kier molecular flexibility index (Phi) is 5.43. The third-order valence-corrected chi connectivity index (χ3v) is 4.53. The molecule has 0 aliphatic rings. The second-order valence-corrected chi connectivity index (χ2v) is 6.36. The monoisotopic (exact) mass is 408 g/mol. The molecular formula is C18H11F3N2O4S. The van der Waals surface area contributed by atoms with Crippen LogP contribution >= 0.6 is 0 Å². The summed E-state index contributed by atoms with van der Waals surface area (Å²) >= 11 is -2.71. The number of carbonyl (C=O) groups is 1. The fraction of sp³-hybridized carbons (Fsp3) is 0. The summed E-state index contributed by atoms with van der Waals surface area (Å²) in [6, 6.07) is 9.87. The molecule has 0 fully saturated rings. The number of carboxylic acid groups (broad SMARTS) is 1. The fourth-order valence-electron chi connectivity index (χ4n) is 2.58. The van der Waals surface area contributed by atoms with Crippen LogP contribution in [0.15, 0.2) is 54.7 Å². The minimum Gasteiger partial charge on any atom is -0.477 e. The summed E-state index contributed by atoms with van der Waals surface area (Å²) in [6.07, 6.45) is 1.28. The molecule has 0 saturated heterocycles. The molecule has 0 spiro atoms. The van der Waals surface area contributed by atoms with Crippen molar-refractivity contribution in [3.63, 3.8) is 0 Å². The van der Waals surface area contributed by atoms with Crippen molar-refractivity contribution in [3.05, 3.63) is 77.9 Å². The Morgan fingerprint density at radius 2 is 1.54 bits per heavy atom. The van der Waals surface area contributed by atoms with E-state index in [9.17, 15) is 26.7 Å². The van der Waals surface area contributed by atoms with Gasteiger partial charge >= 0.3 is 5.97 Å². The number of hydrogen-bond donors (Lipinski definition) is 2. The highest BCUT2D eigenvalue weighted by Gasteiger charge is 2.23. The van der Waals surface area contributed by atoms with Crippen molar-refractivity contribution in [2.24, 2.45) is 0 Å². The lowest BCUT2D eigenvalue weighted by Gasteiger charge is -2.21. The van der Waals surface area contributed by atoms with Crippen LogP contribution in [0.4, 0.5) is 24.5 Å². The highest BCUT2D eigenvalue weighted by Crippen LogP contribution is 2.31. The van der Waals surface area contributed by atoms with E-state index in [1.54, 1.807) is 6.07 Å². The number of anilines is 2. The van der Waals surface area contributed by atoms with Gasteiger partial charge in [0, 0.05) is 12.3 Å². The van der Waals surface area contributed by atoms with Crippen LogP contribution in [-0.4, -0.2) is 24.8 Å². The smallest absolute Gasteiger partial charge is 0.341 e. The van der Waals surface area contributed by atoms with E-state index >= 15 is 0 Å². The van der Waals surface area contributed by atoms with Crippen molar-refractivity contribution in [3.8, 4) is 11.1 Å². The standard InChI is InChI=1S/C18H11F3N2O4S/c19-14-8-13(9-15(20)17(14)18(24)25)23(28(26)27)12-3-1-10(2-4-12)11-5-6-22-16(21)7-11/h1-9H,(H,24,25)(H,26,27). The molecule has 1 aromatic heterocycles. The number of halogens is 3. The SMILES string of the molecule is O=C(O)c1c(F)cc(N(c2ccc(-c3ccnc(F)c3)cc2)S(=O)O)cc1F. The van der Waals surface area contributed by atoms with Gasteiger partial charge in [-0.05, 0) is 41.5 Å². The number of nitrogens with zero attached hydrogens (tertiary/aromatic N) is 2. The van der Waals surface area contributed by atoms with Crippen molar-refractivity contribution in [1.82, 2.24) is 4.98 Å². The highest BCUT2D eigenvalue weighted by atomic mass is 32.2. The minimum absolute atomic E-state index is 0.0981. The van der Waals surface area contributed by atoms with E-state index in [1.807, 2.05) is 0 Å². The molecule has 0 radical (unpaired) electrons. The highest BCUT2D eigenvalue weighted by molar-refractivity contribution is 7.81. The Balaban J connectivity index is 2.02. The molecule has 28 heavy (non-hydrogen) atoms. The average molecular weight is 408 g/mol. The van der Waals surface area contributed by atoms with E-state index < -0.39 is 40.4 Å². The second-order valence-electron chi connectivity index (χ2n) is 5.53. The normalized spacial score (nSPS) is 11.9. The van der Waals surface area contributed by atoms with Crippen LogP contribution in [0.1, 0.15) is 10.4 Å². The van der Waals surface area contributed by atoms with Crippen molar-refractivity contribution in [1.29, 1.82) is 0 Å². The first-order valence-corrected chi connectivity index (χ1v) is 8.69. The molecule has 1 heterocycles. The quantitative estimate of drug-likeness (QED) is 0.489. The minimum atomic E-state index is -2.71. The molecule has 3 rings (SSSR count). The molecule has 3 aromatic rings. The zero-order chi connectivity index (χ0) is 20.4. The molecule has 0 amide bonds. The van der Waals surface area contributed by atoms with E-state index in [4.69, 9.17) is 5.11 Å². The van der Waals surface area contributed by atoms with E-state index in [2.05, 4.69) is 4.98 Å². The van der Waals surface area contributed by atoms with Gasteiger partial charge in [0.2, 0.25) is 5.95 Å². The first-order chi connectivity index (χ1) is 13.3. The lowest BCUT2D eigenvalue weighted by Crippen LogP contribution is -2.20. The van der Waals surface area contributed by atoms with E-state index in [0.29, 0.717) is 27.6 Å². The van der Waals surface area contributed by atoms with Crippen molar-refractivity contribution < 1.29 is 31.8 Å². The lowest BCUT2D eigenvalue weighted by atomic mass is 10.1. The third kappa shape index (κ3) is 3.87. The van der Waals surface area contributed by atoms with Crippen LogP contribution in [0.25, 0.3) is 11.1 Å². The van der Waals surface area contributed by atoms with Gasteiger partial charge < -0.3 is 5.11 Å². The largest absolute Gasteiger partial charge is 0.477 e. The summed E-state index contributed by atoms with van der Waals surface area (Å²) in [5, 5.41) is 8.83. The van der Waals surface area contributed by atoms with Gasteiger partial charge in [0.25, 0.3) is 11.3 Å². The van der Waals surface area contributed by atoms with Gasteiger partial charge in [-0.2, -0.15) is 4.39 Å². The van der Waals surface area contributed by atoms with Crippen LogP contribution in [0.2, 0.25) is 0 Å². The first kappa shape index (κ1) is 19.5. The molecule has 1 unspecified atom stereocenters. The van der Waals surface area contributed by atoms with Gasteiger partial charge in [-0.3, -0.25) is 4.55 Å². The summed E-state index contributed by atoms with van der Waals surface area (Å²) in [4.78, 5) is 14.3. The average Bonchev–Trinajstić information content (AvgIpc) is 2.61. The summed E-state index contributed by atoms with van der Waals surface area (Å²) in [6.45, 7) is 0. The molecule has 0 saturated carbocycles. The second kappa shape index (κ2) is 7.79. The lowest BCUT2D eigenvalue weighted by molar-refractivity contribution is 0.0686. The Morgan fingerprint density at radius 3 is 2.04 bits per heavy atom. The predicted molar refractivity (Wildman–Crippen MR) is 95.9 cm³/mol. The van der Waals surface area contributed by atoms with E-state index in [1.165, 1.54) is 36.5 Å². The van der Waals surface area contributed by atoms with Crippen LogP contribution in [0.5, 0.6) is 0 Å². The van der Waals surface area contributed by atoms with E-state index in [-0.39, 0.29) is 11.4 Å². The van der Waals surface area contributed by atoms with Crippen molar-refractivity contribution in [2.75, 3.05) is 4.31 Å². The molecule has 0 aliphatic heterocycles. The Morgan fingerprint density at radius 1 is 0.929 bits per heavy atom. The zero-order valence-electron chi connectivity index (χ0n) is 13.8. The van der Waals surface area contributed by atoms with E-state index in [0.717, 1.165) is 0 Å². The van der Waals surface area contributed by atoms with Gasteiger partial charge in [0.15, 0.2) is 0 Å². The molecule has 2 aromatic carbocycles. The fourth-order valence-corrected chi connectivity index (χ4v) is 3.17. The molecule has 10 heteroatoms. The van der Waals surface area contributed by atoms with Gasteiger partial charge in [-0.1, -0.05) is 12.1 Å². The molecule has 0 bridgehead atoms. The zero-order valence-corrected chi connectivity index (χ0v) is 14.7. The molecular weight excluding hydrogens is 397 g/mol. The maximum Gasteiger partial charge on any atom is 0.341 e. The number of hydrogen-bond acceptors (Lipinski definition) is 3. The number of rotatable bonds is 5. The van der Waals surface area contributed by atoms with Crippen molar-refractivity contribution >= 4 is 28.6 Å². The summed E-state index contributed by atoms with van der Waals surface area (Å²) in [7, 11) is 0. The number of pyridine rings is 1. The maximum atomic E-state index is 14.0. The summed E-state index contributed by atoms with van der Waals surface area (Å²) < 4.78 is 63.2. The first-order valence-electron chi connectivity index (χ1n) is 7.63. The predicted octanol–water partition coefficient (Wildman–Crippen LogP) is 4.14. The van der Waals surface area contributed by atoms with Gasteiger partial charge in [0.1, 0.15) is 17.2 Å². The maximum absolute atomic E-state index is 14.0. The number of aromatic carboxylic acids is 1. The number of benzene rings is 2. The third-order valence-electron chi connectivity index (χ3n) is 3.79. The van der Waals surface area contributed by atoms with Crippen molar-refractivity contribution in [2.45, 2.75) is 0 Å². The molecule has 0 aliphatic carbocycles. The van der Waals surface area contributed by atoms with Crippen LogP contribution in [0.3, 0.4) is 0 Å². The molecule has 144 valence electrons. The van der Waals surface area contributed by atoms with Gasteiger partial charge in [-0.25, -0.2) is 27.1 Å². The Bertz CT molecular complexity index is 1050. The number of carboxylic acids is 1. The number of aromatic nitrogens is 1. The summed E-state index contributed by atoms with van der Waals surface area (Å²) in [5.74, 6) is -5.25. The van der Waals surface area contributed by atoms with Crippen LogP contribution in [-0.2, 0) is 11.3 Å². The van der Waals surface area contributed by atoms with Crippen LogP contribution < -0.4 is 4.31 Å². The molecule has 1 atom stereocenters.